The second-order valence-electron chi connectivity index (χ2n) is 7.54. The Balaban J connectivity index is 1.43. The van der Waals surface area contributed by atoms with E-state index in [-0.39, 0.29) is 10.8 Å². The summed E-state index contributed by atoms with van der Waals surface area (Å²) in [4.78, 5) is 17.1. The predicted molar refractivity (Wildman–Crippen MR) is 121 cm³/mol. The fourth-order valence-electron chi connectivity index (χ4n) is 3.62. The lowest BCUT2D eigenvalue weighted by molar-refractivity contribution is 0.0962. The Morgan fingerprint density at radius 3 is 2.71 bits per heavy atom. The van der Waals surface area contributed by atoms with Gasteiger partial charge in [0.2, 0.25) is 15.2 Å². The summed E-state index contributed by atoms with van der Waals surface area (Å²) in [6, 6.07) is 11.6. The number of fused-ring (bicyclic) bond motifs is 1. The average Bonchev–Trinajstić information content (AvgIpc) is 3.21. The number of hydrogen-bond acceptors (Lipinski definition) is 7. The molecule has 1 aliphatic rings. The number of sulfonamides is 1. The molecule has 0 unspecified atom stereocenters. The highest BCUT2D eigenvalue weighted by molar-refractivity contribution is 7.89. The van der Waals surface area contributed by atoms with Gasteiger partial charge in [-0.25, -0.2) is 13.4 Å². The van der Waals surface area contributed by atoms with E-state index < -0.39 is 10.0 Å². The van der Waals surface area contributed by atoms with Crippen LogP contribution in [-0.4, -0.2) is 43.8 Å². The van der Waals surface area contributed by atoms with Crippen molar-refractivity contribution < 1.29 is 17.9 Å². The van der Waals surface area contributed by atoms with Crippen LogP contribution in [0.5, 0.6) is 5.75 Å². The quantitative estimate of drug-likeness (QED) is 0.546. The third kappa shape index (κ3) is 4.51. The molecule has 2 aromatic carbocycles. The van der Waals surface area contributed by atoms with Gasteiger partial charge in [0.15, 0.2) is 0 Å². The van der Waals surface area contributed by atoms with Crippen LogP contribution in [0.3, 0.4) is 0 Å². The molecule has 1 aliphatic heterocycles. The van der Waals surface area contributed by atoms with Crippen molar-refractivity contribution in [2.45, 2.75) is 24.7 Å². The van der Waals surface area contributed by atoms with E-state index in [2.05, 4.69) is 22.8 Å². The van der Waals surface area contributed by atoms with Gasteiger partial charge in [-0.1, -0.05) is 24.3 Å². The molecule has 1 saturated heterocycles. The topological polar surface area (TPSA) is 101 Å². The van der Waals surface area contributed by atoms with Crippen molar-refractivity contribution in [1.82, 2.24) is 14.7 Å². The number of carbonyl (C=O) groups is 1. The fraction of sp³-hybridized carbons (Fsp3) is 0.333. The monoisotopic (exact) mass is 460 g/mol. The zero-order chi connectivity index (χ0) is 22.0. The molecule has 8 nitrogen and oxygen atoms in total. The molecule has 1 amide bonds. The van der Waals surface area contributed by atoms with Crippen LogP contribution in [0.1, 0.15) is 30.1 Å². The van der Waals surface area contributed by atoms with Crippen LogP contribution in [0.15, 0.2) is 47.4 Å². The highest BCUT2D eigenvalue weighted by Gasteiger charge is 2.28. The maximum Gasteiger partial charge on any atom is 0.269 e. The zero-order valence-corrected chi connectivity index (χ0v) is 18.9. The molecule has 0 saturated carbocycles. The Morgan fingerprint density at radius 1 is 1.23 bits per heavy atom. The predicted octanol–water partition coefficient (Wildman–Crippen LogP) is 3.48. The number of anilines is 1. The second-order valence-corrected chi connectivity index (χ2v) is 10.5. The largest absolute Gasteiger partial charge is 0.494 e. The van der Waals surface area contributed by atoms with Gasteiger partial charge >= 0.3 is 0 Å². The normalized spacial score (nSPS) is 17.4. The summed E-state index contributed by atoms with van der Waals surface area (Å²) in [5.41, 5.74) is 6.47. The Labute approximate surface area is 185 Å². The van der Waals surface area contributed by atoms with E-state index in [0.717, 1.165) is 17.5 Å². The molecular weight excluding hydrogens is 436 g/mol. The number of hydrogen-bond donors (Lipinski definition) is 2. The maximum absolute atomic E-state index is 12.9. The van der Waals surface area contributed by atoms with Gasteiger partial charge in [0.25, 0.3) is 5.91 Å². The van der Waals surface area contributed by atoms with Gasteiger partial charge in [-0.05, 0) is 55.2 Å². The number of aromatic nitrogens is 1. The summed E-state index contributed by atoms with van der Waals surface area (Å²) in [5.74, 6) is 0.622. The van der Waals surface area contributed by atoms with E-state index in [4.69, 9.17) is 4.74 Å². The highest BCUT2D eigenvalue weighted by Crippen LogP contribution is 2.31. The van der Waals surface area contributed by atoms with Gasteiger partial charge in [0.1, 0.15) is 11.3 Å². The number of nitrogens with one attached hydrogen (secondary N) is 2. The molecule has 3 aromatic rings. The first-order valence-corrected chi connectivity index (χ1v) is 12.2. The van der Waals surface area contributed by atoms with Gasteiger partial charge in [-0.2, -0.15) is 4.31 Å². The number of carbonyl (C=O) groups excluding carboxylic acids is 1. The summed E-state index contributed by atoms with van der Waals surface area (Å²) in [5, 5.41) is 0.520. The number of ether oxygens (including phenoxy) is 1. The molecule has 164 valence electrons. The molecule has 10 heteroatoms. The average molecular weight is 461 g/mol. The number of rotatable bonds is 6. The van der Waals surface area contributed by atoms with Crippen LogP contribution >= 0.6 is 11.3 Å². The van der Waals surface area contributed by atoms with E-state index in [1.54, 1.807) is 7.11 Å². The molecule has 0 radical (unpaired) electrons. The van der Waals surface area contributed by atoms with Crippen LogP contribution in [0.2, 0.25) is 0 Å². The van der Waals surface area contributed by atoms with Crippen LogP contribution in [0, 0.1) is 5.92 Å². The lowest BCUT2D eigenvalue weighted by atomic mass is 10.0. The first kappa shape index (κ1) is 21.5. The zero-order valence-electron chi connectivity index (χ0n) is 17.3. The summed E-state index contributed by atoms with van der Waals surface area (Å²) in [6.07, 6.45) is 1.91. The van der Waals surface area contributed by atoms with Crippen molar-refractivity contribution in [3.8, 4) is 5.75 Å². The van der Waals surface area contributed by atoms with Crippen molar-refractivity contribution in [2.75, 3.05) is 25.6 Å². The molecular formula is C21H24N4O4S2. The van der Waals surface area contributed by atoms with Crippen molar-refractivity contribution >= 4 is 42.6 Å². The standard InChI is InChI=1S/C21H24N4O4S2/c1-14-5-4-12-25(13-14)31(27,28)16-10-8-15(9-11-16)20(26)23-24-21-22-19-17(29-2)6-3-7-18(19)30-21/h3,6-11,14H,4-5,12-13H2,1-2H3,(H,22,24)(H,23,26)/t14-/m1/s1. The van der Waals surface area contributed by atoms with Gasteiger partial charge in [0, 0.05) is 18.7 Å². The van der Waals surface area contributed by atoms with Crippen molar-refractivity contribution in [2.24, 2.45) is 5.92 Å². The molecule has 1 fully saturated rings. The van der Waals surface area contributed by atoms with E-state index in [1.807, 2.05) is 18.2 Å². The first-order valence-electron chi connectivity index (χ1n) is 9.98. The summed E-state index contributed by atoms with van der Waals surface area (Å²) in [6.45, 7) is 3.12. The van der Waals surface area contributed by atoms with E-state index in [0.29, 0.717) is 41.0 Å². The Hall–Kier alpha value is -2.69. The third-order valence-corrected chi connectivity index (χ3v) is 8.07. The van der Waals surface area contributed by atoms with E-state index in [1.165, 1.54) is 39.9 Å². The number of thiazole rings is 1. The van der Waals surface area contributed by atoms with Gasteiger partial charge in [-0.15, -0.1) is 0 Å². The minimum absolute atomic E-state index is 0.198. The number of benzene rings is 2. The molecule has 2 heterocycles. The van der Waals surface area contributed by atoms with Gasteiger partial charge in [-0.3, -0.25) is 15.6 Å². The number of methoxy groups -OCH3 is 1. The van der Waals surface area contributed by atoms with Crippen LogP contribution in [0.4, 0.5) is 5.13 Å². The molecule has 1 aromatic heterocycles. The lowest BCUT2D eigenvalue weighted by Gasteiger charge is -2.30. The summed E-state index contributed by atoms with van der Waals surface area (Å²) in [7, 11) is -1.97. The SMILES string of the molecule is COc1cccc2sc(NNC(=O)c3ccc(S(=O)(=O)N4CCC[C@@H](C)C4)cc3)nc12. The molecule has 31 heavy (non-hydrogen) atoms. The minimum Gasteiger partial charge on any atom is -0.494 e. The van der Waals surface area contributed by atoms with Gasteiger partial charge in [0.05, 0.1) is 16.7 Å². The summed E-state index contributed by atoms with van der Waals surface area (Å²) >= 11 is 1.38. The summed E-state index contributed by atoms with van der Waals surface area (Å²) < 4.78 is 33.5. The van der Waals surface area contributed by atoms with E-state index >= 15 is 0 Å². The van der Waals surface area contributed by atoms with Crippen LogP contribution < -0.4 is 15.6 Å². The molecule has 4 rings (SSSR count). The van der Waals surface area contributed by atoms with Crippen molar-refractivity contribution in [3.63, 3.8) is 0 Å². The second kappa shape index (κ2) is 8.81. The molecule has 2 N–H and O–H groups in total. The van der Waals surface area contributed by atoms with Gasteiger partial charge < -0.3 is 4.74 Å². The van der Waals surface area contributed by atoms with Crippen LogP contribution in [-0.2, 0) is 10.0 Å². The number of para-hydroxylation sites is 1. The van der Waals surface area contributed by atoms with Crippen molar-refractivity contribution in [1.29, 1.82) is 0 Å². The number of amides is 1. The highest BCUT2D eigenvalue weighted by atomic mass is 32.2. The molecule has 1 atom stereocenters. The molecule has 0 bridgehead atoms. The Bertz CT molecular complexity index is 1190. The molecule has 0 spiro atoms. The number of nitrogens with zero attached hydrogens (tertiary/aromatic N) is 2. The third-order valence-electron chi connectivity index (χ3n) is 5.26. The number of piperidine rings is 1. The number of hydrazine groups is 1. The van der Waals surface area contributed by atoms with Crippen molar-refractivity contribution in [3.05, 3.63) is 48.0 Å². The minimum atomic E-state index is -3.55. The fourth-order valence-corrected chi connectivity index (χ4v) is 6.05. The Morgan fingerprint density at radius 2 is 2.00 bits per heavy atom. The molecule has 0 aliphatic carbocycles. The maximum atomic E-state index is 12.9. The first-order chi connectivity index (χ1) is 14.9. The Kier molecular flexibility index (Phi) is 6.12. The smallest absolute Gasteiger partial charge is 0.269 e. The van der Waals surface area contributed by atoms with Crippen LogP contribution in [0.25, 0.3) is 10.2 Å². The lowest BCUT2D eigenvalue weighted by Crippen LogP contribution is -2.39. The van der Waals surface area contributed by atoms with E-state index in [9.17, 15) is 13.2 Å².